The second kappa shape index (κ2) is 6.30. The number of amides is 1. The van der Waals surface area contributed by atoms with Crippen molar-refractivity contribution in [2.24, 2.45) is 0 Å². The van der Waals surface area contributed by atoms with Gasteiger partial charge in [0.15, 0.2) is 0 Å². The first-order valence-electron chi connectivity index (χ1n) is 6.74. The minimum absolute atomic E-state index is 0.00558. The number of nitrogens with zero attached hydrogens (tertiary/aromatic N) is 2. The number of carbonyl (C=O) groups excluding carboxylic acids is 1. The van der Waals surface area contributed by atoms with Gasteiger partial charge >= 0.3 is 0 Å². The smallest absolute Gasteiger partial charge is 0.254 e. The van der Waals surface area contributed by atoms with Crippen molar-refractivity contribution in [1.82, 2.24) is 20.3 Å². The van der Waals surface area contributed by atoms with Gasteiger partial charge in [0.05, 0.1) is 18.2 Å². The predicted molar refractivity (Wildman–Crippen MR) is 78.8 cm³/mol. The van der Waals surface area contributed by atoms with Gasteiger partial charge in [-0.1, -0.05) is 6.07 Å². The highest BCUT2D eigenvalue weighted by molar-refractivity contribution is 5.79. The standard InChI is InChI=1S/C15H18N4O2/c1-9-12(15(21)19-11(3)17-9)8-14(20)18-10(2)13-6-4-5-7-16-13/h4-7,10H,8H2,1-3H3,(H,18,20)(H,17,19,21)/t10-/m0/s1. The fourth-order valence-electron chi connectivity index (χ4n) is 2.12. The van der Waals surface area contributed by atoms with E-state index in [1.165, 1.54) is 0 Å². The van der Waals surface area contributed by atoms with Crippen LogP contribution in [0.5, 0.6) is 0 Å². The summed E-state index contributed by atoms with van der Waals surface area (Å²) in [5, 5.41) is 2.83. The van der Waals surface area contributed by atoms with E-state index in [-0.39, 0.29) is 23.9 Å². The van der Waals surface area contributed by atoms with Crippen LogP contribution in [0.1, 0.15) is 35.7 Å². The van der Waals surface area contributed by atoms with Gasteiger partial charge < -0.3 is 10.3 Å². The number of nitrogens with one attached hydrogen (secondary N) is 2. The molecular formula is C15H18N4O2. The number of hydrogen-bond donors (Lipinski definition) is 2. The minimum atomic E-state index is -0.263. The van der Waals surface area contributed by atoms with Gasteiger partial charge in [-0.2, -0.15) is 0 Å². The van der Waals surface area contributed by atoms with Crippen LogP contribution in [-0.2, 0) is 11.2 Å². The number of aryl methyl sites for hydroxylation is 2. The van der Waals surface area contributed by atoms with Crippen LogP contribution in [0.3, 0.4) is 0 Å². The third-order valence-corrected chi connectivity index (χ3v) is 3.19. The molecule has 6 heteroatoms. The SMILES string of the molecule is Cc1nc(C)c(CC(=O)N[C@@H](C)c2ccccn2)c(=O)[nH]1. The van der Waals surface area contributed by atoms with Crippen LogP contribution >= 0.6 is 0 Å². The van der Waals surface area contributed by atoms with E-state index in [4.69, 9.17) is 0 Å². The molecule has 2 N–H and O–H groups in total. The Morgan fingerprint density at radius 2 is 2.14 bits per heavy atom. The normalized spacial score (nSPS) is 12.0. The highest BCUT2D eigenvalue weighted by atomic mass is 16.2. The van der Waals surface area contributed by atoms with Gasteiger partial charge in [0.1, 0.15) is 5.82 Å². The lowest BCUT2D eigenvalue weighted by Gasteiger charge is -2.13. The Morgan fingerprint density at radius 3 is 2.76 bits per heavy atom. The zero-order valence-corrected chi connectivity index (χ0v) is 12.3. The molecule has 0 aromatic carbocycles. The zero-order chi connectivity index (χ0) is 15.4. The quantitative estimate of drug-likeness (QED) is 0.884. The maximum Gasteiger partial charge on any atom is 0.254 e. The summed E-state index contributed by atoms with van der Waals surface area (Å²) in [5.41, 5.74) is 1.49. The van der Waals surface area contributed by atoms with Gasteiger partial charge in [-0.25, -0.2) is 4.98 Å². The summed E-state index contributed by atoms with van der Waals surface area (Å²) in [5.74, 6) is 0.316. The van der Waals surface area contributed by atoms with Crippen molar-refractivity contribution in [2.45, 2.75) is 33.2 Å². The maximum atomic E-state index is 12.1. The second-order valence-corrected chi connectivity index (χ2v) is 4.94. The fraction of sp³-hybridized carbons (Fsp3) is 0.333. The van der Waals surface area contributed by atoms with E-state index in [1.54, 1.807) is 20.0 Å². The molecule has 0 aliphatic rings. The first-order valence-corrected chi connectivity index (χ1v) is 6.74. The van der Waals surface area contributed by atoms with Crippen molar-refractivity contribution >= 4 is 5.91 Å². The lowest BCUT2D eigenvalue weighted by molar-refractivity contribution is -0.121. The highest BCUT2D eigenvalue weighted by Gasteiger charge is 2.14. The molecule has 0 unspecified atom stereocenters. The third kappa shape index (κ3) is 3.75. The number of H-pyrrole nitrogens is 1. The van der Waals surface area contributed by atoms with Crippen molar-refractivity contribution < 1.29 is 4.79 Å². The van der Waals surface area contributed by atoms with Crippen LogP contribution in [0.15, 0.2) is 29.2 Å². The average Bonchev–Trinajstić information content (AvgIpc) is 2.43. The van der Waals surface area contributed by atoms with E-state index in [1.807, 2.05) is 25.1 Å². The van der Waals surface area contributed by atoms with E-state index >= 15 is 0 Å². The summed E-state index contributed by atoms with van der Waals surface area (Å²) in [6.07, 6.45) is 1.68. The van der Waals surface area contributed by atoms with E-state index in [0.29, 0.717) is 17.1 Å². The minimum Gasteiger partial charge on any atom is -0.348 e. The Bertz CT molecular complexity index is 695. The highest BCUT2D eigenvalue weighted by Crippen LogP contribution is 2.08. The summed E-state index contributed by atoms with van der Waals surface area (Å²) in [7, 11) is 0. The van der Waals surface area contributed by atoms with Crippen molar-refractivity contribution in [2.75, 3.05) is 0 Å². The number of hydrogen-bond acceptors (Lipinski definition) is 4. The molecule has 0 bridgehead atoms. The lowest BCUT2D eigenvalue weighted by atomic mass is 10.1. The predicted octanol–water partition coefficient (Wildman–Crippen LogP) is 1.20. The monoisotopic (exact) mass is 286 g/mol. The van der Waals surface area contributed by atoms with Gasteiger partial charge in [-0.05, 0) is 32.9 Å². The molecule has 0 saturated heterocycles. The zero-order valence-electron chi connectivity index (χ0n) is 12.3. The summed E-state index contributed by atoms with van der Waals surface area (Å²) < 4.78 is 0. The third-order valence-electron chi connectivity index (χ3n) is 3.19. The molecule has 0 radical (unpaired) electrons. The van der Waals surface area contributed by atoms with Gasteiger partial charge in [0.25, 0.3) is 5.56 Å². The molecular weight excluding hydrogens is 268 g/mol. The van der Waals surface area contributed by atoms with Crippen LogP contribution in [0.25, 0.3) is 0 Å². The van der Waals surface area contributed by atoms with Gasteiger partial charge in [-0.3, -0.25) is 14.6 Å². The van der Waals surface area contributed by atoms with Crippen LogP contribution < -0.4 is 10.9 Å². The topological polar surface area (TPSA) is 87.7 Å². The summed E-state index contributed by atoms with van der Waals surface area (Å²) in [6, 6.07) is 5.32. The molecule has 6 nitrogen and oxygen atoms in total. The van der Waals surface area contributed by atoms with E-state index in [0.717, 1.165) is 5.69 Å². The molecule has 1 atom stereocenters. The van der Waals surface area contributed by atoms with E-state index < -0.39 is 0 Å². The maximum absolute atomic E-state index is 12.1. The van der Waals surface area contributed by atoms with Crippen LogP contribution in [-0.4, -0.2) is 20.9 Å². The lowest BCUT2D eigenvalue weighted by Crippen LogP contribution is -2.31. The number of aromatic amines is 1. The van der Waals surface area contributed by atoms with Gasteiger partial charge in [-0.15, -0.1) is 0 Å². The molecule has 0 aliphatic heterocycles. The van der Waals surface area contributed by atoms with Gasteiger partial charge in [0.2, 0.25) is 5.91 Å². The largest absolute Gasteiger partial charge is 0.348 e. The molecule has 21 heavy (non-hydrogen) atoms. The Kier molecular flexibility index (Phi) is 4.47. The van der Waals surface area contributed by atoms with Crippen LogP contribution in [0, 0.1) is 13.8 Å². The summed E-state index contributed by atoms with van der Waals surface area (Å²) >= 11 is 0. The summed E-state index contributed by atoms with van der Waals surface area (Å²) in [4.78, 5) is 34.9. The number of carbonyl (C=O) groups is 1. The Hall–Kier alpha value is -2.50. The molecule has 0 saturated carbocycles. The molecule has 2 aromatic heterocycles. The van der Waals surface area contributed by atoms with Crippen LogP contribution in [0.4, 0.5) is 0 Å². The van der Waals surface area contributed by atoms with Crippen molar-refractivity contribution in [3.63, 3.8) is 0 Å². The number of rotatable bonds is 4. The Morgan fingerprint density at radius 1 is 1.38 bits per heavy atom. The first-order chi connectivity index (χ1) is 9.97. The second-order valence-electron chi connectivity index (χ2n) is 4.94. The van der Waals surface area contributed by atoms with Crippen molar-refractivity contribution in [3.8, 4) is 0 Å². The number of pyridine rings is 1. The number of aromatic nitrogens is 3. The molecule has 0 fully saturated rings. The molecule has 0 spiro atoms. The van der Waals surface area contributed by atoms with E-state index in [2.05, 4.69) is 20.3 Å². The fourth-order valence-corrected chi connectivity index (χ4v) is 2.12. The van der Waals surface area contributed by atoms with Gasteiger partial charge in [0, 0.05) is 17.5 Å². The molecule has 2 heterocycles. The molecule has 110 valence electrons. The average molecular weight is 286 g/mol. The van der Waals surface area contributed by atoms with E-state index in [9.17, 15) is 9.59 Å². The molecule has 1 amide bonds. The summed E-state index contributed by atoms with van der Waals surface area (Å²) in [6.45, 7) is 5.29. The first kappa shape index (κ1) is 14.9. The Labute approximate surface area is 122 Å². The van der Waals surface area contributed by atoms with Crippen LogP contribution in [0.2, 0.25) is 0 Å². The molecule has 2 aromatic rings. The Balaban J connectivity index is 2.08. The van der Waals surface area contributed by atoms with Crippen molar-refractivity contribution in [1.29, 1.82) is 0 Å². The molecule has 0 aliphatic carbocycles. The van der Waals surface area contributed by atoms with Crippen molar-refractivity contribution in [3.05, 3.63) is 57.5 Å². The molecule has 2 rings (SSSR count).